The summed E-state index contributed by atoms with van der Waals surface area (Å²) in [5.41, 5.74) is 3.22. The van der Waals surface area contributed by atoms with Gasteiger partial charge in [-0.15, -0.1) is 12.4 Å². The van der Waals surface area contributed by atoms with Crippen molar-refractivity contribution in [1.29, 1.82) is 0 Å². The normalized spacial score (nSPS) is 16.1. The van der Waals surface area contributed by atoms with E-state index in [-0.39, 0.29) is 53.5 Å². The highest BCUT2D eigenvalue weighted by atomic mass is 35.5. The maximum atomic E-state index is 15.0. The van der Waals surface area contributed by atoms with Crippen LogP contribution < -0.4 is 21.5 Å². The van der Waals surface area contributed by atoms with Crippen LogP contribution in [-0.4, -0.2) is 51.5 Å². The Labute approximate surface area is 202 Å². The molecule has 2 aromatic heterocycles. The highest BCUT2D eigenvalue weighted by Gasteiger charge is 2.29. The van der Waals surface area contributed by atoms with Crippen molar-refractivity contribution >= 4 is 35.7 Å². The second-order valence-electron chi connectivity index (χ2n) is 8.04. The fourth-order valence-corrected chi connectivity index (χ4v) is 3.87. The van der Waals surface area contributed by atoms with E-state index in [1.165, 1.54) is 6.92 Å². The lowest BCUT2D eigenvalue weighted by molar-refractivity contribution is -0.122. The lowest BCUT2D eigenvalue weighted by Crippen LogP contribution is -2.45. The number of fused-ring (bicyclic) bond motifs is 1. The van der Waals surface area contributed by atoms with Gasteiger partial charge in [-0.3, -0.25) is 14.0 Å². The van der Waals surface area contributed by atoms with E-state index in [1.54, 1.807) is 4.90 Å². The summed E-state index contributed by atoms with van der Waals surface area (Å²) in [4.78, 5) is 41.9. The van der Waals surface area contributed by atoms with E-state index in [4.69, 9.17) is 5.73 Å². The van der Waals surface area contributed by atoms with Gasteiger partial charge in [0, 0.05) is 36.3 Å². The van der Waals surface area contributed by atoms with Crippen LogP contribution in [0.4, 0.5) is 19.0 Å². The first-order chi connectivity index (χ1) is 16.1. The Morgan fingerprint density at radius 3 is 2.54 bits per heavy atom. The first-order valence-corrected chi connectivity index (χ1v) is 10.3. The van der Waals surface area contributed by atoms with Gasteiger partial charge in [0.25, 0.3) is 5.56 Å². The average Bonchev–Trinajstić information content (AvgIpc) is 3.22. The van der Waals surface area contributed by atoms with Crippen molar-refractivity contribution in [2.45, 2.75) is 25.4 Å². The van der Waals surface area contributed by atoms with Crippen molar-refractivity contribution in [2.75, 3.05) is 18.0 Å². The molecular formula is C22H21ClF3N5O4. The molecule has 9 nitrogen and oxygen atoms in total. The van der Waals surface area contributed by atoms with Crippen molar-refractivity contribution < 1.29 is 27.9 Å². The molecule has 1 aliphatic rings. The van der Waals surface area contributed by atoms with E-state index < -0.39 is 40.6 Å². The smallest absolute Gasteiger partial charge is 0.341 e. The van der Waals surface area contributed by atoms with Crippen molar-refractivity contribution in [3.63, 3.8) is 0 Å². The molecule has 1 unspecified atom stereocenters. The lowest BCUT2D eigenvalue weighted by Gasteiger charge is -2.20. The molecule has 0 saturated carbocycles. The molecule has 0 radical (unpaired) electrons. The second-order valence-corrected chi connectivity index (χ2v) is 8.04. The van der Waals surface area contributed by atoms with Crippen LogP contribution in [0.2, 0.25) is 0 Å². The molecule has 35 heavy (non-hydrogen) atoms. The van der Waals surface area contributed by atoms with Crippen LogP contribution in [0.15, 0.2) is 35.3 Å². The Morgan fingerprint density at radius 2 is 1.91 bits per heavy atom. The van der Waals surface area contributed by atoms with E-state index in [0.717, 1.165) is 24.4 Å². The fourth-order valence-electron chi connectivity index (χ4n) is 3.87. The maximum absolute atomic E-state index is 15.0. The molecule has 0 bridgehead atoms. The molecule has 1 aromatic carbocycles. The molecular weight excluding hydrogens is 491 g/mol. The molecule has 1 fully saturated rings. The first kappa shape index (κ1) is 26.0. The maximum Gasteiger partial charge on any atom is 0.341 e. The Hall–Kier alpha value is -3.64. The molecule has 2 atom stereocenters. The number of carboxylic acid groups (broad SMARTS) is 1. The molecule has 13 heteroatoms. The van der Waals surface area contributed by atoms with Gasteiger partial charge in [0.15, 0.2) is 11.6 Å². The number of aromatic carboxylic acids is 1. The van der Waals surface area contributed by atoms with E-state index in [0.29, 0.717) is 23.4 Å². The fraction of sp³-hybridized carbons (Fsp3) is 0.273. The summed E-state index contributed by atoms with van der Waals surface area (Å²) < 4.78 is 43.7. The number of nitrogens with one attached hydrogen (secondary N) is 1. The number of halogens is 4. The minimum Gasteiger partial charge on any atom is -0.477 e. The number of carboxylic acids is 1. The monoisotopic (exact) mass is 511 g/mol. The zero-order chi connectivity index (χ0) is 24.7. The first-order valence-electron chi connectivity index (χ1n) is 10.3. The molecule has 4 N–H and O–H groups in total. The van der Waals surface area contributed by atoms with E-state index in [2.05, 4.69) is 10.3 Å². The minimum atomic E-state index is -1.60. The van der Waals surface area contributed by atoms with E-state index in [1.807, 2.05) is 0 Å². The lowest BCUT2D eigenvalue weighted by atomic mass is 10.0. The van der Waals surface area contributed by atoms with Crippen LogP contribution >= 0.6 is 12.4 Å². The number of amides is 1. The predicted octanol–water partition coefficient (Wildman–Crippen LogP) is 1.94. The Morgan fingerprint density at radius 1 is 1.20 bits per heavy atom. The number of anilines is 1. The molecule has 0 spiro atoms. The predicted molar refractivity (Wildman–Crippen MR) is 123 cm³/mol. The molecule has 1 aliphatic heterocycles. The standard InChI is InChI=1S/C22H20F3N5O4.ClH/c1-10(26)20(31)27-12-4-5-29(8-12)19-17(25)9-30-18(28-19)14(7-15(21(30)32)22(33)34)13-3-2-11(23)6-16(13)24;/h2-3,6-7,9-10,12H,4-5,8,26H2,1H3,(H,27,31)(H,33,34);1H/t10-,12?;/m0./s1. The molecule has 4 rings (SSSR count). The number of pyridine rings is 1. The number of hydrogen-bond acceptors (Lipinski definition) is 6. The summed E-state index contributed by atoms with van der Waals surface area (Å²) in [6.07, 6.45) is 1.26. The van der Waals surface area contributed by atoms with Gasteiger partial charge >= 0.3 is 5.97 Å². The second kappa shape index (κ2) is 9.92. The van der Waals surface area contributed by atoms with Gasteiger partial charge in [-0.2, -0.15) is 0 Å². The number of nitrogens with zero attached hydrogens (tertiary/aromatic N) is 3. The minimum absolute atomic E-state index is 0. The quantitative estimate of drug-likeness (QED) is 0.477. The highest BCUT2D eigenvalue weighted by molar-refractivity contribution is 5.91. The Bertz CT molecular complexity index is 1380. The van der Waals surface area contributed by atoms with E-state index >= 15 is 4.39 Å². The van der Waals surface area contributed by atoms with Gasteiger partial charge in [-0.05, 0) is 31.5 Å². The molecule has 3 aromatic rings. The summed E-state index contributed by atoms with van der Waals surface area (Å²) in [7, 11) is 0. The van der Waals surface area contributed by atoms with Crippen LogP contribution in [0.1, 0.15) is 23.7 Å². The molecule has 3 heterocycles. The number of hydrogen-bond donors (Lipinski definition) is 3. The van der Waals surface area contributed by atoms with Crippen molar-refractivity contribution in [3.8, 4) is 11.1 Å². The van der Waals surface area contributed by atoms with Crippen LogP contribution in [0, 0.1) is 17.5 Å². The van der Waals surface area contributed by atoms with Gasteiger partial charge in [-0.1, -0.05) is 0 Å². The number of benzene rings is 1. The number of carbonyl (C=O) groups is 2. The van der Waals surface area contributed by atoms with Crippen molar-refractivity contribution in [1.82, 2.24) is 14.7 Å². The van der Waals surface area contributed by atoms with Crippen LogP contribution in [0.5, 0.6) is 0 Å². The van der Waals surface area contributed by atoms with Gasteiger partial charge < -0.3 is 21.1 Å². The van der Waals surface area contributed by atoms with Gasteiger partial charge in [0.2, 0.25) is 5.91 Å². The van der Waals surface area contributed by atoms with Crippen LogP contribution in [0.3, 0.4) is 0 Å². The summed E-state index contributed by atoms with van der Waals surface area (Å²) in [6.45, 7) is 2.06. The molecule has 186 valence electrons. The zero-order valence-electron chi connectivity index (χ0n) is 18.3. The largest absolute Gasteiger partial charge is 0.477 e. The molecule has 1 saturated heterocycles. The van der Waals surface area contributed by atoms with Crippen LogP contribution in [-0.2, 0) is 4.79 Å². The van der Waals surface area contributed by atoms with E-state index in [9.17, 15) is 28.3 Å². The molecule has 0 aliphatic carbocycles. The summed E-state index contributed by atoms with van der Waals surface area (Å²) >= 11 is 0. The highest BCUT2D eigenvalue weighted by Crippen LogP contribution is 2.30. The van der Waals surface area contributed by atoms with Gasteiger partial charge in [0.05, 0.1) is 12.2 Å². The third-order valence-corrected chi connectivity index (χ3v) is 5.57. The number of aromatic nitrogens is 2. The summed E-state index contributed by atoms with van der Waals surface area (Å²) in [6, 6.07) is 2.55. The van der Waals surface area contributed by atoms with Gasteiger partial charge in [0.1, 0.15) is 22.8 Å². The number of nitrogens with two attached hydrogens (primary N) is 1. The third kappa shape index (κ3) is 4.93. The average molecular weight is 512 g/mol. The SMILES string of the molecule is C[C@H](N)C(=O)NC1CCN(c2nc3c(-c4ccc(F)cc4F)cc(C(=O)O)c(=O)n3cc2F)C1.Cl. The number of rotatable bonds is 5. The zero-order valence-corrected chi connectivity index (χ0v) is 19.1. The van der Waals surface area contributed by atoms with Crippen molar-refractivity contribution in [2.24, 2.45) is 5.73 Å². The topological polar surface area (TPSA) is 130 Å². The Balaban J connectivity index is 0.00000342. The van der Waals surface area contributed by atoms with Crippen molar-refractivity contribution in [3.05, 3.63) is 63.8 Å². The van der Waals surface area contributed by atoms with Crippen LogP contribution in [0.25, 0.3) is 16.8 Å². The summed E-state index contributed by atoms with van der Waals surface area (Å²) in [5.74, 6) is -4.90. The Kier molecular flexibility index (Phi) is 7.36. The summed E-state index contributed by atoms with van der Waals surface area (Å²) in [5, 5.41) is 12.2. The molecule has 1 amide bonds. The third-order valence-electron chi connectivity index (χ3n) is 5.57. The van der Waals surface area contributed by atoms with Gasteiger partial charge in [-0.25, -0.2) is 22.9 Å². The number of carbonyl (C=O) groups excluding carboxylic acids is 1.